The highest BCUT2D eigenvalue weighted by atomic mass is 16.5. The van der Waals surface area contributed by atoms with Crippen LogP contribution < -0.4 is 0 Å². The van der Waals surface area contributed by atoms with Crippen LogP contribution in [0.4, 0.5) is 0 Å². The molecule has 0 aromatic heterocycles. The molecule has 0 saturated carbocycles. The van der Waals surface area contributed by atoms with Crippen LogP contribution in [0.15, 0.2) is 23.8 Å². The van der Waals surface area contributed by atoms with Crippen molar-refractivity contribution in [2.75, 3.05) is 13.2 Å². The van der Waals surface area contributed by atoms with Crippen molar-refractivity contribution >= 4 is 5.97 Å². The van der Waals surface area contributed by atoms with Crippen LogP contribution in [0, 0.1) is 5.92 Å². The van der Waals surface area contributed by atoms with Crippen molar-refractivity contribution in [1.82, 2.24) is 0 Å². The fourth-order valence-corrected chi connectivity index (χ4v) is 1.59. The van der Waals surface area contributed by atoms with Crippen LogP contribution in [0.3, 0.4) is 0 Å². The summed E-state index contributed by atoms with van der Waals surface area (Å²) in [5.41, 5.74) is 0.857. The molecule has 3 heteroatoms. The topological polar surface area (TPSA) is 35.5 Å². The first kappa shape index (κ1) is 18.9. The Balaban J connectivity index is 3.96. The molecule has 0 radical (unpaired) electrons. The maximum Gasteiger partial charge on any atom is 0.330 e. The summed E-state index contributed by atoms with van der Waals surface area (Å²) in [5.74, 6) is 0.297. The number of esters is 1. The van der Waals surface area contributed by atoms with Gasteiger partial charge in [0.1, 0.15) is 0 Å². The summed E-state index contributed by atoms with van der Waals surface area (Å²) in [7, 11) is 0. The van der Waals surface area contributed by atoms with E-state index < -0.39 is 0 Å². The fraction of sp³-hybridized carbons (Fsp3) is 0.706. The van der Waals surface area contributed by atoms with Crippen molar-refractivity contribution in [3.63, 3.8) is 0 Å². The third-order valence-corrected chi connectivity index (χ3v) is 2.70. The van der Waals surface area contributed by atoms with Gasteiger partial charge >= 0.3 is 5.97 Å². The average molecular weight is 282 g/mol. The van der Waals surface area contributed by atoms with E-state index in [9.17, 15) is 4.79 Å². The number of allylic oxidation sites excluding steroid dienone is 3. The second kappa shape index (κ2) is 9.76. The summed E-state index contributed by atoms with van der Waals surface area (Å²) in [5, 5.41) is 0. The highest BCUT2D eigenvalue weighted by Gasteiger charge is 2.10. The lowest BCUT2D eigenvalue weighted by atomic mass is 10.0. The molecule has 0 spiro atoms. The van der Waals surface area contributed by atoms with E-state index in [1.165, 1.54) is 6.08 Å². The molecule has 0 heterocycles. The second-order valence-corrected chi connectivity index (χ2v) is 6.13. The lowest BCUT2D eigenvalue weighted by Crippen LogP contribution is -2.20. The third kappa shape index (κ3) is 12.0. The molecule has 0 saturated heterocycles. The number of rotatable bonds is 8. The minimum atomic E-state index is -0.277. The van der Waals surface area contributed by atoms with E-state index in [0.29, 0.717) is 12.5 Å². The first-order valence-corrected chi connectivity index (χ1v) is 7.40. The van der Waals surface area contributed by atoms with E-state index in [2.05, 4.69) is 33.8 Å². The Labute approximate surface area is 124 Å². The fourth-order valence-electron chi connectivity index (χ4n) is 1.59. The SMILES string of the molecule is CCOC(=O)C=C(C)C=CCC(C)CCOC(C)(C)C. The highest BCUT2D eigenvalue weighted by Crippen LogP contribution is 2.13. The van der Waals surface area contributed by atoms with Crippen LogP contribution in [0.5, 0.6) is 0 Å². The minimum Gasteiger partial charge on any atom is -0.463 e. The Morgan fingerprint density at radius 3 is 2.50 bits per heavy atom. The van der Waals surface area contributed by atoms with E-state index in [1.54, 1.807) is 6.92 Å². The summed E-state index contributed by atoms with van der Waals surface area (Å²) >= 11 is 0. The van der Waals surface area contributed by atoms with Crippen LogP contribution in [0.25, 0.3) is 0 Å². The van der Waals surface area contributed by atoms with Gasteiger partial charge in [-0.2, -0.15) is 0 Å². The van der Waals surface area contributed by atoms with Gasteiger partial charge in [0.15, 0.2) is 0 Å². The average Bonchev–Trinajstić information content (AvgIpc) is 2.27. The number of hydrogen-bond acceptors (Lipinski definition) is 3. The predicted octanol–water partition coefficient (Wildman–Crippen LogP) is 4.28. The molecule has 1 unspecified atom stereocenters. The van der Waals surface area contributed by atoms with Gasteiger partial charge in [0.2, 0.25) is 0 Å². The maximum atomic E-state index is 11.2. The van der Waals surface area contributed by atoms with Crippen molar-refractivity contribution in [3.8, 4) is 0 Å². The Kier molecular flexibility index (Phi) is 9.23. The molecule has 1 atom stereocenters. The van der Waals surface area contributed by atoms with E-state index in [0.717, 1.165) is 25.0 Å². The lowest BCUT2D eigenvalue weighted by molar-refractivity contribution is -0.137. The molecule has 0 aliphatic heterocycles. The smallest absolute Gasteiger partial charge is 0.330 e. The van der Waals surface area contributed by atoms with Crippen LogP contribution in [0.1, 0.15) is 54.4 Å². The summed E-state index contributed by atoms with van der Waals surface area (Å²) in [6.07, 6.45) is 7.63. The van der Waals surface area contributed by atoms with E-state index >= 15 is 0 Å². The van der Waals surface area contributed by atoms with Gasteiger partial charge in [0.25, 0.3) is 0 Å². The molecule has 0 rings (SSSR count). The molecule has 0 aromatic rings. The quantitative estimate of drug-likeness (QED) is 0.378. The normalized spacial score (nSPS) is 14.6. The molecule has 0 amide bonds. The van der Waals surface area contributed by atoms with E-state index in [-0.39, 0.29) is 11.6 Å². The molecule has 0 bridgehead atoms. The van der Waals surface area contributed by atoms with Gasteiger partial charge in [-0.1, -0.05) is 19.1 Å². The van der Waals surface area contributed by atoms with Crippen molar-refractivity contribution in [2.45, 2.75) is 60.0 Å². The minimum absolute atomic E-state index is 0.0610. The summed E-state index contributed by atoms with van der Waals surface area (Å²) in [6.45, 7) is 13.3. The van der Waals surface area contributed by atoms with E-state index in [1.807, 2.05) is 13.0 Å². The zero-order valence-electron chi connectivity index (χ0n) is 13.9. The van der Waals surface area contributed by atoms with Gasteiger partial charge < -0.3 is 9.47 Å². The maximum absolute atomic E-state index is 11.2. The van der Waals surface area contributed by atoms with Gasteiger partial charge in [-0.15, -0.1) is 0 Å². The summed E-state index contributed by atoms with van der Waals surface area (Å²) in [4.78, 5) is 11.2. The van der Waals surface area contributed by atoms with Crippen LogP contribution in [0.2, 0.25) is 0 Å². The largest absolute Gasteiger partial charge is 0.463 e. The predicted molar refractivity (Wildman–Crippen MR) is 83.6 cm³/mol. The molecular formula is C17H30O3. The summed E-state index contributed by atoms with van der Waals surface area (Å²) < 4.78 is 10.6. The Bertz CT molecular complexity index is 335. The highest BCUT2D eigenvalue weighted by molar-refractivity contribution is 5.83. The lowest BCUT2D eigenvalue weighted by Gasteiger charge is -2.20. The first-order chi connectivity index (χ1) is 9.24. The van der Waals surface area contributed by atoms with Gasteiger partial charge in [-0.05, 0) is 59.0 Å². The van der Waals surface area contributed by atoms with E-state index in [4.69, 9.17) is 9.47 Å². The van der Waals surface area contributed by atoms with Gasteiger partial charge in [0, 0.05) is 12.7 Å². The Hall–Kier alpha value is -1.09. The van der Waals surface area contributed by atoms with Crippen molar-refractivity contribution in [1.29, 1.82) is 0 Å². The Morgan fingerprint density at radius 2 is 1.95 bits per heavy atom. The standard InChI is InChI=1S/C17H30O3/c1-7-19-16(18)13-15(3)10-8-9-14(2)11-12-20-17(4,5)6/h8,10,13-14H,7,9,11-12H2,1-6H3. The number of carbonyl (C=O) groups is 1. The summed E-state index contributed by atoms with van der Waals surface area (Å²) in [6, 6.07) is 0. The number of ether oxygens (including phenoxy) is 2. The Morgan fingerprint density at radius 1 is 1.30 bits per heavy atom. The zero-order chi connectivity index (χ0) is 15.6. The zero-order valence-corrected chi connectivity index (χ0v) is 13.9. The number of carbonyl (C=O) groups excluding carboxylic acids is 1. The van der Waals surface area contributed by atoms with Gasteiger partial charge in [-0.3, -0.25) is 0 Å². The second-order valence-electron chi connectivity index (χ2n) is 6.13. The van der Waals surface area contributed by atoms with Crippen molar-refractivity contribution in [3.05, 3.63) is 23.8 Å². The van der Waals surface area contributed by atoms with Gasteiger partial charge in [-0.25, -0.2) is 4.79 Å². The molecule has 3 nitrogen and oxygen atoms in total. The molecular weight excluding hydrogens is 252 g/mol. The van der Waals surface area contributed by atoms with Gasteiger partial charge in [0.05, 0.1) is 12.2 Å². The van der Waals surface area contributed by atoms with Crippen molar-refractivity contribution in [2.24, 2.45) is 5.92 Å². The monoisotopic (exact) mass is 282 g/mol. The number of hydrogen-bond donors (Lipinski definition) is 0. The molecule has 116 valence electrons. The molecule has 0 aromatic carbocycles. The van der Waals surface area contributed by atoms with Crippen LogP contribution in [-0.2, 0) is 14.3 Å². The molecule has 0 aliphatic rings. The third-order valence-electron chi connectivity index (χ3n) is 2.70. The molecule has 0 aliphatic carbocycles. The first-order valence-electron chi connectivity index (χ1n) is 7.40. The molecule has 0 fully saturated rings. The van der Waals surface area contributed by atoms with Crippen LogP contribution >= 0.6 is 0 Å². The molecule has 0 N–H and O–H groups in total. The van der Waals surface area contributed by atoms with Crippen molar-refractivity contribution < 1.29 is 14.3 Å². The van der Waals surface area contributed by atoms with Crippen LogP contribution in [-0.4, -0.2) is 24.8 Å². The molecule has 20 heavy (non-hydrogen) atoms.